The van der Waals surface area contributed by atoms with E-state index in [1.165, 1.54) is 17.3 Å². The number of carbonyl (C=O) groups is 1. The minimum Gasteiger partial charge on any atom is -0.444 e. The number of hydrogen-bond acceptors (Lipinski definition) is 7. The van der Waals surface area contributed by atoms with E-state index in [9.17, 15) is 9.90 Å². The molecule has 0 bridgehead atoms. The first-order valence-corrected chi connectivity index (χ1v) is 13.3. The van der Waals surface area contributed by atoms with Crippen molar-refractivity contribution in [1.82, 2.24) is 19.8 Å². The Kier molecular flexibility index (Phi) is 9.46. The molecule has 1 aliphatic rings. The fraction of sp³-hybridized carbons (Fsp3) is 0.542. The van der Waals surface area contributed by atoms with Crippen LogP contribution in [0.1, 0.15) is 50.8 Å². The van der Waals surface area contributed by atoms with E-state index >= 15 is 0 Å². The van der Waals surface area contributed by atoms with Crippen molar-refractivity contribution >= 4 is 41.1 Å². The number of aliphatic hydroxyl groups excluding tert-OH is 1. The number of halogens is 2. The maximum absolute atomic E-state index is 13.1. The average Bonchev–Trinajstić information content (AvgIpc) is 2.95. The summed E-state index contributed by atoms with van der Waals surface area (Å²) in [5.41, 5.74) is 0.884. The number of aliphatic hydroxyl groups is 1. The summed E-state index contributed by atoms with van der Waals surface area (Å²) in [5, 5.41) is 11.8. The highest BCUT2D eigenvalue weighted by Gasteiger charge is 2.34. The zero-order valence-corrected chi connectivity index (χ0v) is 22.3. The second-order valence-electron chi connectivity index (χ2n) is 9.34. The zero-order chi connectivity index (χ0) is 24.9. The van der Waals surface area contributed by atoms with Crippen LogP contribution >= 0.6 is 35.0 Å². The van der Waals surface area contributed by atoms with Crippen LogP contribution in [0, 0.1) is 0 Å². The largest absolute Gasteiger partial charge is 0.444 e. The number of hydrogen-bond donors (Lipinski definition) is 1. The third-order valence-electron chi connectivity index (χ3n) is 5.60. The van der Waals surface area contributed by atoms with Gasteiger partial charge in [0.2, 0.25) is 0 Å². The predicted octanol–water partition coefficient (Wildman–Crippen LogP) is 5.44. The summed E-state index contributed by atoms with van der Waals surface area (Å²) in [6.45, 7) is 8.29. The molecule has 3 rings (SSSR count). The SMILES string of the molecule is CSc1nc(Cl)c(C(O)C[C@@H]2CCN(Cc3ccccc3)CCN2C(=O)OC(C)(C)C)c(Cl)n1. The van der Waals surface area contributed by atoms with Gasteiger partial charge < -0.3 is 14.7 Å². The summed E-state index contributed by atoms with van der Waals surface area (Å²) < 4.78 is 5.69. The van der Waals surface area contributed by atoms with Crippen molar-refractivity contribution in [2.75, 3.05) is 25.9 Å². The summed E-state index contributed by atoms with van der Waals surface area (Å²) in [6, 6.07) is 9.98. The predicted molar refractivity (Wildman–Crippen MR) is 136 cm³/mol. The second kappa shape index (κ2) is 11.9. The van der Waals surface area contributed by atoms with Gasteiger partial charge in [0.05, 0.1) is 11.7 Å². The normalized spacial score (nSPS) is 18.4. The van der Waals surface area contributed by atoms with Gasteiger partial charge in [0, 0.05) is 32.2 Å². The molecule has 2 aromatic rings. The molecular formula is C24H32Cl2N4O3S. The van der Waals surface area contributed by atoms with E-state index in [0.29, 0.717) is 24.7 Å². The smallest absolute Gasteiger partial charge is 0.410 e. The van der Waals surface area contributed by atoms with Gasteiger partial charge in [-0.05, 0) is 45.4 Å². The van der Waals surface area contributed by atoms with Gasteiger partial charge in [-0.2, -0.15) is 0 Å². The maximum Gasteiger partial charge on any atom is 0.410 e. The van der Waals surface area contributed by atoms with Crippen LogP contribution in [0.25, 0.3) is 0 Å². The van der Waals surface area contributed by atoms with Gasteiger partial charge >= 0.3 is 6.09 Å². The molecule has 1 saturated heterocycles. The molecule has 2 heterocycles. The Hall–Kier alpha value is -1.58. The highest BCUT2D eigenvalue weighted by atomic mass is 35.5. The topological polar surface area (TPSA) is 78.8 Å². The Bertz CT molecular complexity index is 951. The lowest BCUT2D eigenvalue weighted by molar-refractivity contribution is 0.0111. The lowest BCUT2D eigenvalue weighted by atomic mass is 10.0. The van der Waals surface area contributed by atoms with Crippen LogP contribution in [0.3, 0.4) is 0 Å². The van der Waals surface area contributed by atoms with E-state index in [4.69, 9.17) is 27.9 Å². The van der Waals surface area contributed by atoms with Crippen molar-refractivity contribution in [1.29, 1.82) is 0 Å². The molecule has 1 N–H and O–H groups in total. The summed E-state index contributed by atoms with van der Waals surface area (Å²) in [6.07, 6.45) is 1.33. The van der Waals surface area contributed by atoms with Gasteiger partial charge in [-0.3, -0.25) is 4.90 Å². The number of rotatable bonds is 6. The Balaban J connectivity index is 1.80. The van der Waals surface area contributed by atoms with E-state index in [-0.39, 0.29) is 28.3 Å². The fourth-order valence-corrected chi connectivity index (χ4v) is 5.08. The maximum atomic E-state index is 13.1. The van der Waals surface area contributed by atoms with Crippen LogP contribution in [-0.2, 0) is 11.3 Å². The van der Waals surface area contributed by atoms with E-state index in [1.54, 1.807) is 4.90 Å². The highest BCUT2D eigenvalue weighted by molar-refractivity contribution is 7.98. The molecule has 10 heteroatoms. The average molecular weight is 528 g/mol. The second-order valence-corrected chi connectivity index (χ2v) is 10.8. The van der Waals surface area contributed by atoms with Gasteiger partial charge in [-0.15, -0.1) is 0 Å². The van der Waals surface area contributed by atoms with Crippen molar-refractivity contribution in [2.24, 2.45) is 0 Å². The van der Waals surface area contributed by atoms with Crippen molar-refractivity contribution in [3.63, 3.8) is 0 Å². The third-order valence-corrected chi connectivity index (χ3v) is 6.72. The molecule has 0 aliphatic carbocycles. The first-order valence-electron chi connectivity index (χ1n) is 11.3. The third kappa shape index (κ3) is 7.46. The molecule has 1 fully saturated rings. The van der Waals surface area contributed by atoms with Crippen molar-refractivity contribution in [3.05, 3.63) is 51.8 Å². The van der Waals surface area contributed by atoms with Gasteiger partial charge in [0.15, 0.2) is 5.16 Å². The molecule has 1 amide bonds. The molecule has 2 atom stereocenters. The van der Waals surface area contributed by atoms with E-state index < -0.39 is 17.8 Å². The molecule has 34 heavy (non-hydrogen) atoms. The number of amides is 1. The Labute approximate surface area is 215 Å². The van der Waals surface area contributed by atoms with Crippen molar-refractivity contribution in [2.45, 2.75) is 63.1 Å². The van der Waals surface area contributed by atoms with Gasteiger partial charge in [0.25, 0.3) is 0 Å². The Morgan fingerprint density at radius 1 is 1.18 bits per heavy atom. The van der Waals surface area contributed by atoms with E-state index in [1.807, 2.05) is 45.2 Å². The van der Waals surface area contributed by atoms with Crippen LogP contribution in [0.15, 0.2) is 35.5 Å². The first kappa shape index (κ1) is 27.0. The fourth-order valence-electron chi connectivity index (χ4n) is 3.98. The summed E-state index contributed by atoms with van der Waals surface area (Å²) in [7, 11) is 0. The number of thioether (sulfide) groups is 1. The zero-order valence-electron chi connectivity index (χ0n) is 20.0. The van der Waals surface area contributed by atoms with Gasteiger partial charge in [-0.25, -0.2) is 14.8 Å². The van der Waals surface area contributed by atoms with Crippen molar-refractivity contribution in [3.8, 4) is 0 Å². The van der Waals surface area contributed by atoms with E-state index in [0.717, 1.165) is 13.1 Å². The minimum absolute atomic E-state index is 0.125. The highest BCUT2D eigenvalue weighted by Crippen LogP contribution is 2.34. The number of benzene rings is 1. The number of ether oxygens (including phenoxy) is 1. The molecule has 0 radical (unpaired) electrons. The molecule has 1 aromatic heterocycles. The minimum atomic E-state index is -1.02. The summed E-state index contributed by atoms with van der Waals surface area (Å²) in [4.78, 5) is 25.5. The number of aromatic nitrogens is 2. The monoisotopic (exact) mass is 526 g/mol. The summed E-state index contributed by atoms with van der Waals surface area (Å²) >= 11 is 14.0. The molecule has 1 aromatic carbocycles. The molecule has 1 aliphatic heterocycles. The Morgan fingerprint density at radius 3 is 2.41 bits per heavy atom. The molecule has 0 saturated carbocycles. The summed E-state index contributed by atoms with van der Waals surface area (Å²) in [5.74, 6) is 0. The first-order chi connectivity index (χ1) is 16.1. The lowest BCUT2D eigenvalue weighted by Gasteiger charge is -2.33. The molecule has 186 valence electrons. The van der Waals surface area contributed by atoms with Gasteiger partial charge in [0.1, 0.15) is 15.9 Å². The number of carbonyl (C=O) groups excluding carboxylic acids is 1. The van der Waals surface area contributed by atoms with Crippen LogP contribution < -0.4 is 0 Å². The van der Waals surface area contributed by atoms with Crippen molar-refractivity contribution < 1.29 is 14.6 Å². The lowest BCUT2D eigenvalue weighted by Crippen LogP contribution is -2.44. The standard InChI is InChI=1S/C24H32Cl2N4O3S/c1-24(2,3)33-23(32)30-13-12-29(15-16-8-6-5-7-9-16)11-10-17(30)14-18(31)19-20(25)27-22(34-4)28-21(19)26/h5-9,17-18,31H,10-15H2,1-4H3/t17-,18?/m0/s1. The molecule has 0 spiro atoms. The van der Waals surface area contributed by atoms with Gasteiger partial charge in [-0.1, -0.05) is 65.3 Å². The Morgan fingerprint density at radius 2 is 1.82 bits per heavy atom. The van der Waals surface area contributed by atoms with Crippen LogP contribution in [0.2, 0.25) is 10.3 Å². The molecule has 1 unspecified atom stereocenters. The van der Waals surface area contributed by atoms with Crippen LogP contribution in [0.5, 0.6) is 0 Å². The van der Waals surface area contributed by atoms with Crippen LogP contribution in [0.4, 0.5) is 4.79 Å². The number of nitrogens with zero attached hydrogens (tertiary/aromatic N) is 4. The van der Waals surface area contributed by atoms with Crippen LogP contribution in [-0.4, -0.2) is 68.5 Å². The van der Waals surface area contributed by atoms with E-state index in [2.05, 4.69) is 27.0 Å². The molecular weight excluding hydrogens is 495 g/mol. The quantitative estimate of drug-likeness (QED) is 0.305. The molecule has 7 nitrogen and oxygen atoms in total.